The number of carbonyl (C=O) groups excluding carboxylic acids is 1. The molecule has 152 valence electrons. The summed E-state index contributed by atoms with van der Waals surface area (Å²) in [5.41, 5.74) is 2.57. The van der Waals surface area contributed by atoms with Crippen LogP contribution >= 0.6 is 0 Å². The van der Waals surface area contributed by atoms with Gasteiger partial charge in [-0.25, -0.2) is 5.01 Å². The summed E-state index contributed by atoms with van der Waals surface area (Å²) in [6.07, 6.45) is 0.888. The smallest absolute Gasteiger partial charge is 0.303 e. The molecule has 0 aromatic heterocycles. The van der Waals surface area contributed by atoms with E-state index in [2.05, 4.69) is 5.10 Å². The number of nitrogens with zero attached hydrogens (tertiary/aromatic N) is 2. The van der Waals surface area contributed by atoms with Crippen molar-refractivity contribution in [3.8, 4) is 11.5 Å². The van der Waals surface area contributed by atoms with Gasteiger partial charge in [-0.15, -0.1) is 0 Å². The normalized spacial score (nSPS) is 15.7. The first-order chi connectivity index (χ1) is 14.0. The molecule has 1 aliphatic heterocycles. The third-order valence-corrected chi connectivity index (χ3v) is 4.87. The van der Waals surface area contributed by atoms with Gasteiger partial charge in [0.25, 0.3) is 0 Å². The van der Waals surface area contributed by atoms with E-state index in [-0.39, 0.29) is 31.2 Å². The molecule has 2 aromatic carbocycles. The van der Waals surface area contributed by atoms with E-state index in [1.165, 1.54) is 5.01 Å². The number of carbonyl (C=O) groups is 2. The summed E-state index contributed by atoms with van der Waals surface area (Å²) in [5, 5.41) is 14.9. The summed E-state index contributed by atoms with van der Waals surface area (Å²) in [6, 6.07) is 14.8. The minimum absolute atomic E-state index is 0.0477. The predicted octanol–water partition coefficient (Wildman–Crippen LogP) is 3.64. The van der Waals surface area contributed by atoms with Gasteiger partial charge in [0.2, 0.25) is 5.91 Å². The van der Waals surface area contributed by atoms with Crippen molar-refractivity contribution in [3.05, 3.63) is 59.7 Å². The van der Waals surface area contributed by atoms with Crippen molar-refractivity contribution in [2.45, 2.75) is 31.7 Å². The molecule has 1 atom stereocenters. The van der Waals surface area contributed by atoms with Gasteiger partial charge in [0, 0.05) is 24.8 Å². The quantitative estimate of drug-likeness (QED) is 0.736. The summed E-state index contributed by atoms with van der Waals surface area (Å²) in [4.78, 5) is 23.6. The molecule has 0 unspecified atom stereocenters. The van der Waals surface area contributed by atoms with Gasteiger partial charge in [0.15, 0.2) is 0 Å². The van der Waals surface area contributed by atoms with Crippen molar-refractivity contribution in [1.82, 2.24) is 5.01 Å². The fourth-order valence-electron chi connectivity index (χ4n) is 3.39. The fourth-order valence-corrected chi connectivity index (χ4v) is 3.39. The lowest BCUT2D eigenvalue weighted by atomic mass is 9.97. The number of aliphatic carboxylic acids is 1. The highest BCUT2D eigenvalue weighted by molar-refractivity contribution is 6.03. The third kappa shape index (κ3) is 4.74. The van der Waals surface area contributed by atoms with Gasteiger partial charge in [-0.2, -0.15) is 5.10 Å². The zero-order valence-electron chi connectivity index (χ0n) is 16.5. The van der Waals surface area contributed by atoms with E-state index in [1.807, 2.05) is 48.5 Å². The molecule has 0 aliphatic carbocycles. The van der Waals surface area contributed by atoms with Crippen LogP contribution in [-0.2, 0) is 9.59 Å². The first-order valence-electron chi connectivity index (χ1n) is 9.42. The molecule has 2 aromatic rings. The maximum atomic E-state index is 12.9. The average Bonchev–Trinajstić information content (AvgIpc) is 3.18. The van der Waals surface area contributed by atoms with E-state index >= 15 is 0 Å². The van der Waals surface area contributed by atoms with Crippen molar-refractivity contribution in [1.29, 1.82) is 0 Å². The number of amides is 1. The van der Waals surface area contributed by atoms with Gasteiger partial charge in [-0.3, -0.25) is 9.59 Å². The first-order valence-corrected chi connectivity index (χ1v) is 9.42. The SMILES string of the molecule is COc1ccc(C2=NN(C(=O)CCCC(=O)O)[C@H](c3ccccc3OC)C2)cc1. The minimum atomic E-state index is -0.914. The Bertz CT molecular complexity index is 908. The lowest BCUT2D eigenvalue weighted by Gasteiger charge is -2.23. The molecule has 0 radical (unpaired) electrons. The van der Waals surface area contributed by atoms with Gasteiger partial charge in [0.05, 0.1) is 26.0 Å². The van der Waals surface area contributed by atoms with Crippen LogP contribution in [0.3, 0.4) is 0 Å². The van der Waals surface area contributed by atoms with E-state index < -0.39 is 5.97 Å². The predicted molar refractivity (Wildman–Crippen MR) is 108 cm³/mol. The Balaban J connectivity index is 1.89. The van der Waals surface area contributed by atoms with Gasteiger partial charge < -0.3 is 14.6 Å². The van der Waals surface area contributed by atoms with Crippen molar-refractivity contribution < 1.29 is 24.2 Å². The third-order valence-electron chi connectivity index (χ3n) is 4.87. The second-order valence-corrected chi connectivity index (χ2v) is 6.72. The molecule has 0 fully saturated rings. The van der Waals surface area contributed by atoms with E-state index in [0.717, 1.165) is 22.6 Å². The summed E-state index contributed by atoms with van der Waals surface area (Å²) < 4.78 is 10.7. The fraction of sp³-hybridized carbons (Fsp3) is 0.318. The van der Waals surface area contributed by atoms with E-state index in [4.69, 9.17) is 14.6 Å². The summed E-state index contributed by atoms with van der Waals surface area (Å²) in [5.74, 6) is 0.316. The molecule has 1 amide bonds. The van der Waals surface area contributed by atoms with Gasteiger partial charge in [0.1, 0.15) is 11.5 Å². The van der Waals surface area contributed by atoms with E-state index in [9.17, 15) is 9.59 Å². The molecule has 1 heterocycles. The van der Waals surface area contributed by atoms with E-state index in [0.29, 0.717) is 12.2 Å². The standard InChI is InChI=1S/C22H24N2O5/c1-28-16-12-10-15(11-13-16)18-14-19(17-6-3-4-7-20(17)29-2)24(23-18)21(25)8-5-9-22(26)27/h3-4,6-7,10-13,19H,5,8-9,14H2,1-2H3,(H,26,27)/t19-/m0/s1. The molecule has 7 nitrogen and oxygen atoms in total. The highest BCUT2D eigenvalue weighted by Gasteiger charge is 2.34. The van der Waals surface area contributed by atoms with Crippen LogP contribution in [0.15, 0.2) is 53.6 Å². The largest absolute Gasteiger partial charge is 0.497 e. The van der Waals surface area contributed by atoms with Gasteiger partial charge in [-0.05, 0) is 42.3 Å². The minimum Gasteiger partial charge on any atom is -0.497 e. The summed E-state index contributed by atoms with van der Waals surface area (Å²) in [6.45, 7) is 0. The molecule has 0 bridgehead atoms. The number of ether oxygens (including phenoxy) is 2. The Morgan fingerprint density at radius 1 is 1.07 bits per heavy atom. The number of methoxy groups -OCH3 is 2. The molecule has 1 aliphatic rings. The van der Waals surface area contributed by atoms with Crippen LogP contribution in [-0.4, -0.2) is 41.9 Å². The molecular formula is C22H24N2O5. The zero-order chi connectivity index (χ0) is 20.8. The average molecular weight is 396 g/mol. The van der Waals surface area contributed by atoms with Gasteiger partial charge >= 0.3 is 5.97 Å². The Hall–Kier alpha value is -3.35. The van der Waals surface area contributed by atoms with Crippen LogP contribution in [0.25, 0.3) is 0 Å². The maximum absolute atomic E-state index is 12.9. The summed E-state index contributed by atoms with van der Waals surface area (Å²) >= 11 is 0. The lowest BCUT2D eigenvalue weighted by Crippen LogP contribution is -2.27. The second kappa shape index (κ2) is 9.23. The number of benzene rings is 2. The van der Waals surface area contributed by atoms with Crippen molar-refractivity contribution in [2.75, 3.05) is 14.2 Å². The Kier molecular flexibility index (Phi) is 6.49. The highest BCUT2D eigenvalue weighted by atomic mass is 16.5. The highest BCUT2D eigenvalue weighted by Crippen LogP contribution is 2.38. The maximum Gasteiger partial charge on any atom is 0.303 e. The Labute approximate surface area is 169 Å². The van der Waals surface area contributed by atoms with Crippen LogP contribution in [0.2, 0.25) is 0 Å². The molecule has 1 N–H and O–H groups in total. The molecule has 7 heteroatoms. The Morgan fingerprint density at radius 2 is 1.79 bits per heavy atom. The number of para-hydroxylation sites is 1. The number of carboxylic acids is 1. The number of hydrogen-bond acceptors (Lipinski definition) is 5. The molecule has 0 saturated carbocycles. The molecule has 0 saturated heterocycles. The number of hydrazone groups is 1. The van der Waals surface area contributed by atoms with Crippen molar-refractivity contribution in [2.24, 2.45) is 5.10 Å². The van der Waals surface area contributed by atoms with Crippen LogP contribution < -0.4 is 9.47 Å². The molecular weight excluding hydrogens is 372 g/mol. The molecule has 0 spiro atoms. The zero-order valence-corrected chi connectivity index (χ0v) is 16.5. The van der Waals surface area contributed by atoms with E-state index in [1.54, 1.807) is 14.2 Å². The number of rotatable bonds is 8. The molecule has 3 rings (SSSR count). The number of carboxylic acid groups (broad SMARTS) is 1. The second-order valence-electron chi connectivity index (χ2n) is 6.72. The van der Waals surface area contributed by atoms with Crippen LogP contribution in [0.1, 0.15) is 42.9 Å². The van der Waals surface area contributed by atoms with Gasteiger partial charge in [-0.1, -0.05) is 18.2 Å². The lowest BCUT2D eigenvalue weighted by molar-refractivity contribution is -0.137. The topological polar surface area (TPSA) is 88.4 Å². The van der Waals surface area contributed by atoms with Crippen LogP contribution in [0.4, 0.5) is 0 Å². The molecule has 29 heavy (non-hydrogen) atoms. The monoisotopic (exact) mass is 396 g/mol. The first kappa shape index (κ1) is 20.4. The van der Waals surface area contributed by atoms with Crippen LogP contribution in [0, 0.1) is 0 Å². The summed E-state index contributed by atoms with van der Waals surface area (Å²) in [7, 11) is 3.20. The number of hydrogen-bond donors (Lipinski definition) is 1. The van der Waals surface area contributed by atoms with Crippen molar-refractivity contribution in [3.63, 3.8) is 0 Å². The Morgan fingerprint density at radius 3 is 2.45 bits per heavy atom. The van der Waals surface area contributed by atoms with Crippen LogP contribution in [0.5, 0.6) is 11.5 Å². The van der Waals surface area contributed by atoms with Crippen molar-refractivity contribution >= 4 is 17.6 Å².